The molecule has 2 aromatic carbocycles. The fraction of sp³-hybridized carbons (Fsp3) is 0.250. The third kappa shape index (κ3) is 3.59. The highest BCUT2D eigenvalue weighted by atomic mass is 35.5. The Labute approximate surface area is 172 Å². The summed E-state index contributed by atoms with van der Waals surface area (Å²) in [7, 11) is 0. The van der Waals surface area contributed by atoms with Crippen LogP contribution in [0.4, 0.5) is 0 Å². The monoisotopic (exact) mass is 413 g/mol. The van der Waals surface area contributed by atoms with Crippen molar-refractivity contribution in [2.75, 3.05) is 12.4 Å². The maximum Gasteiger partial charge on any atom is 0.236 e. The van der Waals surface area contributed by atoms with Gasteiger partial charge in [-0.2, -0.15) is 0 Å². The topological polar surface area (TPSA) is 77.0 Å². The molecular weight excluding hydrogens is 394 g/mol. The van der Waals surface area contributed by atoms with Crippen LogP contribution in [0.1, 0.15) is 18.1 Å². The zero-order valence-electron chi connectivity index (χ0n) is 15.4. The second-order valence-electron chi connectivity index (χ2n) is 6.69. The molecule has 2 N–H and O–H groups in total. The smallest absolute Gasteiger partial charge is 0.236 e. The Balaban J connectivity index is 1.48. The molecule has 3 aromatic rings. The number of amides is 1. The maximum absolute atomic E-state index is 12.9. The minimum Gasteiger partial charge on any atom is -0.337 e. The molecule has 6 nitrogen and oxygen atoms in total. The van der Waals surface area contributed by atoms with Crippen molar-refractivity contribution in [2.45, 2.75) is 30.3 Å². The fourth-order valence-electron chi connectivity index (χ4n) is 3.33. The van der Waals surface area contributed by atoms with Crippen LogP contribution >= 0.6 is 23.4 Å². The third-order valence-electron chi connectivity index (χ3n) is 4.85. The summed E-state index contributed by atoms with van der Waals surface area (Å²) in [5.74, 6) is 6.72. The summed E-state index contributed by atoms with van der Waals surface area (Å²) < 4.78 is 1.39. The summed E-state index contributed by atoms with van der Waals surface area (Å²) in [6, 6.07) is 15.6. The Morgan fingerprint density at radius 3 is 2.64 bits per heavy atom. The van der Waals surface area contributed by atoms with Gasteiger partial charge in [0.15, 0.2) is 5.82 Å². The molecule has 0 bridgehead atoms. The van der Waals surface area contributed by atoms with Crippen LogP contribution < -0.4 is 5.84 Å². The molecule has 2 heterocycles. The molecule has 0 aliphatic carbocycles. The number of thioether (sulfide) groups is 1. The lowest BCUT2D eigenvalue weighted by atomic mass is 10.00. The molecule has 1 aromatic heterocycles. The molecule has 8 heteroatoms. The largest absolute Gasteiger partial charge is 0.337 e. The molecule has 1 aliphatic heterocycles. The van der Waals surface area contributed by atoms with Crippen molar-refractivity contribution in [2.24, 2.45) is 0 Å². The number of hydrogen-bond donors (Lipinski definition) is 1. The number of hydrogen-bond acceptors (Lipinski definition) is 5. The molecule has 0 unspecified atom stereocenters. The zero-order chi connectivity index (χ0) is 19.7. The van der Waals surface area contributed by atoms with Gasteiger partial charge in [-0.15, -0.1) is 10.2 Å². The normalized spacial score (nSPS) is 14.6. The highest BCUT2D eigenvalue weighted by Crippen LogP contribution is 2.30. The molecule has 28 heavy (non-hydrogen) atoms. The van der Waals surface area contributed by atoms with E-state index < -0.39 is 0 Å². The van der Waals surface area contributed by atoms with Gasteiger partial charge in [0.1, 0.15) is 0 Å². The van der Waals surface area contributed by atoms with Crippen molar-refractivity contribution in [3.05, 3.63) is 64.7 Å². The molecule has 0 saturated carbocycles. The highest BCUT2D eigenvalue weighted by Gasteiger charge is 2.27. The van der Waals surface area contributed by atoms with E-state index in [1.165, 1.54) is 27.6 Å². The van der Waals surface area contributed by atoms with Crippen molar-refractivity contribution < 1.29 is 4.79 Å². The van der Waals surface area contributed by atoms with Crippen molar-refractivity contribution >= 4 is 29.3 Å². The SMILES string of the molecule is C[C@H](Sc1nnc(-c2ccccc2Cl)n1N)C(=O)N1CCc2ccccc2C1. The number of carbonyl (C=O) groups is 1. The van der Waals surface area contributed by atoms with E-state index in [0.717, 1.165) is 13.0 Å². The molecule has 1 amide bonds. The molecule has 0 fully saturated rings. The number of nitrogens with two attached hydrogens (primary N) is 1. The first-order chi connectivity index (χ1) is 13.5. The van der Waals surface area contributed by atoms with E-state index in [4.69, 9.17) is 17.4 Å². The lowest BCUT2D eigenvalue weighted by Crippen LogP contribution is -2.40. The summed E-state index contributed by atoms with van der Waals surface area (Å²) in [6.45, 7) is 3.23. The number of benzene rings is 2. The number of aromatic nitrogens is 3. The first-order valence-corrected chi connectivity index (χ1v) is 10.3. The molecule has 0 saturated heterocycles. The Bertz CT molecular complexity index is 1020. The van der Waals surface area contributed by atoms with Gasteiger partial charge in [-0.3, -0.25) is 4.79 Å². The maximum atomic E-state index is 12.9. The number of halogens is 1. The second kappa shape index (κ2) is 7.85. The molecule has 0 radical (unpaired) electrons. The lowest BCUT2D eigenvalue weighted by molar-refractivity contribution is -0.131. The van der Waals surface area contributed by atoms with Crippen LogP contribution in [-0.2, 0) is 17.8 Å². The Kier molecular flexibility index (Phi) is 5.28. The Morgan fingerprint density at radius 2 is 1.86 bits per heavy atom. The van der Waals surface area contributed by atoms with Crippen LogP contribution in [0.3, 0.4) is 0 Å². The summed E-state index contributed by atoms with van der Waals surface area (Å²) in [6.07, 6.45) is 0.878. The fourth-order valence-corrected chi connectivity index (χ4v) is 4.41. The van der Waals surface area contributed by atoms with Gasteiger partial charge in [0.25, 0.3) is 0 Å². The van der Waals surface area contributed by atoms with E-state index in [-0.39, 0.29) is 11.2 Å². The summed E-state index contributed by atoms with van der Waals surface area (Å²) >= 11 is 7.54. The Hall–Kier alpha value is -2.51. The molecule has 1 aliphatic rings. The summed E-state index contributed by atoms with van der Waals surface area (Å²) in [5, 5.41) is 9.02. The molecule has 4 rings (SSSR count). The van der Waals surface area contributed by atoms with Gasteiger partial charge in [0.2, 0.25) is 11.1 Å². The first-order valence-electron chi connectivity index (χ1n) is 9.02. The van der Waals surface area contributed by atoms with E-state index in [1.54, 1.807) is 6.07 Å². The predicted molar refractivity (Wildman–Crippen MR) is 112 cm³/mol. The highest BCUT2D eigenvalue weighted by molar-refractivity contribution is 8.00. The predicted octanol–water partition coefficient (Wildman–Crippen LogP) is 3.38. The number of rotatable bonds is 4. The minimum atomic E-state index is -0.323. The van der Waals surface area contributed by atoms with E-state index in [0.29, 0.717) is 28.1 Å². The number of carbonyl (C=O) groups excluding carboxylic acids is 1. The van der Waals surface area contributed by atoms with Gasteiger partial charge in [-0.25, -0.2) is 4.68 Å². The van der Waals surface area contributed by atoms with Gasteiger partial charge in [0, 0.05) is 18.7 Å². The summed E-state index contributed by atoms with van der Waals surface area (Å²) in [4.78, 5) is 14.8. The van der Waals surface area contributed by atoms with Crippen molar-refractivity contribution in [1.82, 2.24) is 19.8 Å². The number of nitrogens with zero attached hydrogens (tertiary/aromatic N) is 4. The van der Waals surface area contributed by atoms with Crippen molar-refractivity contribution in [3.8, 4) is 11.4 Å². The van der Waals surface area contributed by atoms with Gasteiger partial charge in [-0.1, -0.05) is 59.8 Å². The lowest BCUT2D eigenvalue weighted by Gasteiger charge is -2.30. The number of fused-ring (bicyclic) bond motifs is 1. The first kappa shape index (κ1) is 18.8. The quantitative estimate of drug-likeness (QED) is 0.524. The van der Waals surface area contributed by atoms with E-state index in [9.17, 15) is 4.79 Å². The molecular formula is C20H20ClN5OS. The van der Waals surface area contributed by atoms with Crippen molar-refractivity contribution in [3.63, 3.8) is 0 Å². The Morgan fingerprint density at radius 1 is 1.14 bits per heavy atom. The molecule has 1 atom stereocenters. The molecule has 144 valence electrons. The zero-order valence-corrected chi connectivity index (χ0v) is 17.0. The van der Waals surface area contributed by atoms with E-state index in [1.807, 2.05) is 42.2 Å². The minimum absolute atomic E-state index is 0.0711. The van der Waals surface area contributed by atoms with Gasteiger partial charge in [0.05, 0.1) is 10.3 Å². The third-order valence-corrected chi connectivity index (χ3v) is 6.23. The van der Waals surface area contributed by atoms with Crippen molar-refractivity contribution in [1.29, 1.82) is 0 Å². The summed E-state index contributed by atoms with van der Waals surface area (Å²) in [5.41, 5.74) is 3.23. The average molecular weight is 414 g/mol. The van der Waals surface area contributed by atoms with Crippen LogP contribution in [0.2, 0.25) is 5.02 Å². The van der Waals surface area contributed by atoms with Crippen LogP contribution in [0.15, 0.2) is 53.7 Å². The van der Waals surface area contributed by atoms with Crippen LogP contribution in [-0.4, -0.2) is 37.5 Å². The standard InChI is InChI=1S/C20H20ClN5OS/c1-13(19(27)25-11-10-14-6-2-3-7-15(14)12-25)28-20-24-23-18(26(20)22)16-8-4-5-9-17(16)21/h2-9,13H,10-12,22H2,1H3/t13-/m0/s1. The van der Waals surface area contributed by atoms with E-state index >= 15 is 0 Å². The van der Waals surface area contributed by atoms with Gasteiger partial charge < -0.3 is 10.7 Å². The van der Waals surface area contributed by atoms with Crippen LogP contribution in [0.25, 0.3) is 11.4 Å². The van der Waals surface area contributed by atoms with Gasteiger partial charge >= 0.3 is 0 Å². The van der Waals surface area contributed by atoms with Crippen LogP contribution in [0.5, 0.6) is 0 Å². The molecule has 0 spiro atoms. The average Bonchev–Trinajstić information content (AvgIpc) is 3.07. The van der Waals surface area contributed by atoms with Crippen LogP contribution in [0, 0.1) is 0 Å². The van der Waals surface area contributed by atoms with E-state index in [2.05, 4.69) is 22.3 Å². The second-order valence-corrected chi connectivity index (χ2v) is 8.41. The van der Waals surface area contributed by atoms with Gasteiger partial charge in [-0.05, 0) is 36.6 Å². The number of nitrogen functional groups attached to an aromatic ring is 1.